The normalized spacial score (nSPS) is 26.0. The molecule has 0 bridgehead atoms. The zero-order valence-corrected chi connectivity index (χ0v) is 19.0. The predicted octanol–water partition coefficient (Wildman–Crippen LogP) is 3.50. The lowest BCUT2D eigenvalue weighted by Crippen LogP contribution is -2.54. The lowest BCUT2D eigenvalue weighted by atomic mass is 9.64. The summed E-state index contributed by atoms with van der Waals surface area (Å²) in [5, 5.41) is 2.84. The van der Waals surface area contributed by atoms with E-state index in [-0.39, 0.29) is 23.0 Å². The van der Waals surface area contributed by atoms with Crippen LogP contribution in [0.25, 0.3) is 0 Å². The second kappa shape index (κ2) is 8.44. The zero-order chi connectivity index (χ0) is 23.0. The summed E-state index contributed by atoms with van der Waals surface area (Å²) in [6.45, 7) is 9.25. The summed E-state index contributed by atoms with van der Waals surface area (Å²) >= 11 is 0. The average molecular weight is 429 g/mol. The molecular formula is C24H32N2O5. The van der Waals surface area contributed by atoms with E-state index >= 15 is 0 Å². The molecule has 0 radical (unpaired) electrons. The van der Waals surface area contributed by atoms with Crippen LogP contribution < -0.4 is 5.32 Å². The first-order valence-corrected chi connectivity index (χ1v) is 10.9. The van der Waals surface area contributed by atoms with Crippen molar-refractivity contribution in [1.29, 1.82) is 0 Å². The van der Waals surface area contributed by atoms with Crippen LogP contribution in [-0.2, 0) is 20.7 Å². The van der Waals surface area contributed by atoms with Crippen LogP contribution in [-0.4, -0.2) is 46.8 Å². The molecule has 1 aliphatic heterocycles. The number of carbonyl (C=O) groups excluding carboxylic acids is 4. The Morgan fingerprint density at radius 2 is 1.84 bits per heavy atom. The van der Waals surface area contributed by atoms with Gasteiger partial charge in [-0.2, -0.15) is 0 Å². The number of carbonyl (C=O) groups is 4. The molecule has 1 spiro atoms. The molecule has 2 fully saturated rings. The molecule has 3 amide bonds. The van der Waals surface area contributed by atoms with Gasteiger partial charge < -0.3 is 10.1 Å². The summed E-state index contributed by atoms with van der Waals surface area (Å²) in [5.74, 6) is -1.22. The number of aryl methyl sites for hydroxylation is 1. The molecule has 0 aromatic heterocycles. The van der Waals surface area contributed by atoms with Gasteiger partial charge in [0.15, 0.2) is 6.10 Å². The number of hydrogen-bond acceptors (Lipinski definition) is 5. The number of esters is 1. The number of amides is 3. The van der Waals surface area contributed by atoms with Gasteiger partial charge in [-0.05, 0) is 49.5 Å². The maximum atomic E-state index is 13.1. The van der Waals surface area contributed by atoms with Gasteiger partial charge in [-0.25, -0.2) is 4.79 Å². The Balaban J connectivity index is 1.64. The van der Waals surface area contributed by atoms with Crippen LogP contribution in [0.3, 0.4) is 0 Å². The highest BCUT2D eigenvalue weighted by Crippen LogP contribution is 2.46. The molecule has 1 aromatic carbocycles. The number of ether oxygens (including phenoxy) is 1. The second-order valence-corrected chi connectivity index (χ2v) is 9.80. The lowest BCUT2D eigenvalue weighted by Gasteiger charge is -2.43. The molecule has 1 saturated heterocycles. The Bertz CT molecular complexity index is 892. The molecule has 7 heteroatoms. The monoisotopic (exact) mass is 428 g/mol. The van der Waals surface area contributed by atoms with E-state index in [4.69, 9.17) is 4.74 Å². The van der Waals surface area contributed by atoms with E-state index in [2.05, 4.69) is 26.1 Å². The molecule has 7 nitrogen and oxygen atoms in total. The summed E-state index contributed by atoms with van der Waals surface area (Å²) in [6, 6.07) is 6.56. The van der Waals surface area contributed by atoms with Gasteiger partial charge in [-0.1, -0.05) is 52.0 Å². The Hall–Kier alpha value is -2.70. The van der Waals surface area contributed by atoms with Gasteiger partial charge in [0, 0.05) is 5.56 Å². The first-order valence-electron chi connectivity index (χ1n) is 10.9. The highest BCUT2D eigenvalue weighted by molar-refractivity contribution is 6.09. The third kappa shape index (κ3) is 4.81. The molecule has 1 aromatic rings. The topological polar surface area (TPSA) is 92.8 Å². The van der Waals surface area contributed by atoms with Crippen LogP contribution in [0.15, 0.2) is 24.3 Å². The van der Waals surface area contributed by atoms with Crippen molar-refractivity contribution in [3.05, 3.63) is 35.4 Å². The van der Waals surface area contributed by atoms with Gasteiger partial charge >= 0.3 is 12.0 Å². The third-order valence-corrected chi connectivity index (χ3v) is 6.24. The maximum Gasteiger partial charge on any atom is 0.326 e. The van der Waals surface area contributed by atoms with Crippen molar-refractivity contribution in [3.63, 3.8) is 0 Å². The molecule has 1 heterocycles. The number of nitrogens with one attached hydrogen (secondary N) is 1. The van der Waals surface area contributed by atoms with Gasteiger partial charge in [-0.15, -0.1) is 0 Å². The van der Waals surface area contributed by atoms with E-state index in [1.165, 1.54) is 6.92 Å². The minimum absolute atomic E-state index is 0.0919. The van der Waals surface area contributed by atoms with Gasteiger partial charge in [0.25, 0.3) is 5.91 Å². The van der Waals surface area contributed by atoms with Gasteiger partial charge in [0.05, 0.1) is 0 Å². The first-order chi connectivity index (χ1) is 14.5. The van der Waals surface area contributed by atoms with E-state index in [1.54, 1.807) is 12.1 Å². The Morgan fingerprint density at radius 3 is 2.42 bits per heavy atom. The first kappa shape index (κ1) is 23.0. The molecule has 2 aliphatic rings. The van der Waals surface area contributed by atoms with Crippen molar-refractivity contribution in [2.45, 2.75) is 71.9 Å². The van der Waals surface area contributed by atoms with Crippen LogP contribution in [0, 0.1) is 11.3 Å². The minimum Gasteiger partial charge on any atom is -0.453 e. The molecule has 3 atom stereocenters. The van der Waals surface area contributed by atoms with Crippen LogP contribution in [0.5, 0.6) is 0 Å². The van der Waals surface area contributed by atoms with E-state index in [9.17, 15) is 19.2 Å². The van der Waals surface area contributed by atoms with E-state index in [0.29, 0.717) is 18.4 Å². The highest BCUT2D eigenvalue weighted by atomic mass is 16.5. The summed E-state index contributed by atoms with van der Waals surface area (Å²) in [7, 11) is 0. The fraction of sp³-hybridized carbons (Fsp3) is 0.583. The number of nitrogens with zero attached hydrogens (tertiary/aromatic N) is 1. The molecule has 168 valence electrons. The number of Topliss-reactive ketones (excluding diaryl/α,β-unsaturated/α-hetero) is 1. The Kier molecular flexibility index (Phi) is 6.25. The van der Waals surface area contributed by atoms with E-state index in [1.807, 2.05) is 19.1 Å². The summed E-state index contributed by atoms with van der Waals surface area (Å²) in [6.07, 6.45) is 1.91. The molecule has 3 rings (SSSR count). The summed E-state index contributed by atoms with van der Waals surface area (Å²) in [4.78, 5) is 51.6. The number of benzene rings is 1. The van der Waals surface area contributed by atoms with E-state index < -0.39 is 30.2 Å². The summed E-state index contributed by atoms with van der Waals surface area (Å²) < 4.78 is 5.26. The quantitative estimate of drug-likeness (QED) is 0.425. The van der Waals surface area contributed by atoms with Crippen molar-refractivity contribution in [3.8, 4) is 0 Å². The van der Waals surface area contributed by atoms with Gasteiger partial charge in [-0.3, -0.25) is 19.3 Å². The fourth-order valence-electron chi connectivity index (χ4n) is 5.21. The number of rotatable bonds is 6. The second-order valence-electron chi connectivity index (χ2n) is 9.80. The van der Waals surface area contributed by atoms with Gasteiger partial charge in [0.2, 0.25) is 5.78 Å². The van der Waals surface area contributed by atoms with E-state index in [0.717, 1.165) is 23.3 Å². The van der Waals surface area contributed by atoms with Crippen LogP contribution >= 0.6 is 0 Å². The maximum absolute atomic E-state index is 13.1. The molecular weight excluding hydrogens is 396 g/mol. The van der Waals surface area contributed by atoms with Gasteiger partial charge in [0.1, 0.15) is 12.1 Å². The largest absolute Gasteiger partial charge is 0.453 e. The number of urea groups is 1. The molecule has 31 heavy (non-hydrogen) atoms. The van der Waals surface area contributed by atoms with Crippen molar-refractivity contribution in [2.75, 3.05) is 6.54 Å². The third-order valence-electron chi connectivity index (χ3n) is 6.24. The SMILES string of the molecule is CCc1ccc(C(=O)C(C)OC(=O)CN2C(=O)NC3(CC(C)CC(C)(C)C3)C2=O)cc1. The predicted molar refractivity (Wildman–Crippen MR) is 115 cm³/mol. The zero-order valence-electron chi connectivity index (χ0n) is 19.0. The smallest absolute Gasteiger partial charge is 0.326 e. The number of imide groups is 1. The Labute approximate surface area is 183 Å². The molecule has 1 aliphatic carbocycles. The number of ketones is 1. The molecule has 1 saturated carbocycles. The van der Waals surface area contributed by atoms with Crippen molar-refractivity contribution >= 4 is 23.7 Å². The standard InChI is InChI=1S/C24H32N2O5/c1-6-17-7-9-18(10-8-17)20(28)16(3)31-19(27)13-26-21(29)24(25-22(26)30)12-15(2)11-23(4,5)14-24/h7-10,15-16H,6,11-14H2,1-5H3,(H,25,30). The lowest BCUT2D eigenvalue weighted by molar-refractivity contribution is -0.150. The van der Waals surface area contributed by atoms with Crippen LogP contribution in [0.1, 0.15) is 69.8 Å². The average Bonchev–Trinajstić information content (AvgIpc) is 2.89. The van der Waals surface area contributed by atoms with Crippen molar-refractivity contribution < 1.29 is 23.9 Å². The van der Waals surface area contributed by atoms with Crippen molar-refractivity contribution in [2.24, 2.45) is 11.3 Å². The number of hydrogen-bond donors (Lipinski definition) is 1. The molecule has 1 N–H and O–H groups in total. The van der Waals surface area contributed by atoms with Crippen molar-refractivity contribution in [1.82, 2.24) is 10.2 Å². The summed E-state index contributed by atoms with van der Waals surface area (Å²) in [5.41, 5.74) is 0.491. The van der Waals surface area contributed by atoms with Crippen LogP contribution in [0.4, 0.5) is 4.79 Å². The highest BCUT2D eigenvalue weighted by Gasteiger charge is 2.56. The molecule has 3 unspecified atom stereocenters. The fourth-order valence-corrected chi connectivity index (χ4v) is 5.21. The Morgan fingerprint density at radius 1 is 1.19 bits per heavy atom. The minimum atomic E-state index is -1.01. The van der Waals surface area contributed by atoms with Crippen LogP contribution in [0.2, 0.25) is 0 Å².